The second-order valence-electron chi connectivity index (χ2n) is 4.43. The smallest absolute Gasteiger partial charge is 0.247 e. The van der Waals surface area contributed by atoms with E-state index in [1.807, 2.05) is 0 Å². The number of hydrogen-bond donors (Lipinski definition) is 1. The first-order valence-electron chi connectivity index (χ1n) is 4.45. The van der Waals surface area contributed by atoms with Gasteiger partial charge in [-0.05, 0) is 27.7 Å². The van der Waals surface area contributed by atoms with Crippen molar-refractivity contribution < 1.29 is 9.59 Å². The topological polar surface area (TPSA) is 49.4 Å². The van der Waals surface area contributed by atoms with Crippen LogP contribution in [0.15, 0.2) is 0 Å². The monoisotopic (exact) mass is 218 g/mol. The molecule has 0 atom stereocenters. The van der Waals surface area contributed by atoms with Gasteiger partial charge in [-0.3, -0.25) is 9.59 Å². The van der Waals surface area contributed by atoms with Crippen molar-refractivity contribution in [1.82, 2.24) is 10.2 Å². The fourth-order valence-electron chi connectivity index (χ4n) is 1.97. The average Bonchev–Trinajstić information content (AvgIpc) is 2.16. The summed E-state index contributed by atoms with van der Waals surface area (Å²) < 4.78 is 0. The Hall–Kier alpha value is -0.770. The molecule has 80 valence electrons. The van der Waals surface area contributed by atoms with Gasteiger partial charge in [0.2, 0.25) is 11.8 Å². The Labute approximate surface area is 88.6 Å². The van der Waals surface area contributed by atoms with Gasteiger partial charge in [0.15, 0.2) is 0 Å². The second-order valence-corrected chi connectivity index (χ2v) is 4.70. The van der Waals surface area contributed by atoms with Gasteiger partial charge in [-0.25, -0.2) is 0 Å². The molecule has 0 aromatic rings. The number of nitrogens with one attached hydrogen (secondary N) is 1. The predicted molar refractivity (Wildman–Crippen MR) is 53.9 cm³/mol. The van der Waals surface area contributed by atoms with E-state index in [9.17, 15) is 9.59 Å². The van der Waals surface area contributed by atoms with Crippen LogP contribution < -0.4 is 5.32 Å². The summed E-state index contributed by atoms with van der Waals surface area (Å²) in [4.78, 5) is 24.7. The van der Waals surface area contributed by atoms with Gasteiger partial charge in [0.25, 0.3) is 0 Å². The summed E-state index contributed by atoms with van der Waals surface area (Å²) in [6.07, 6.45) is 0. The molecule has 0 aromatic heterocycles. The van der Waals surface area contributed by atoms with E-state index in [-0.39, 0.29) is 17.7 Å². The van der Waals surface area contributed by atoms with E-state index in [1.165, 1.54) is 4.90 Å². The Kier molecular flexibility index (Phi) is 2.52. The largest absolute Gasteiger partial charge is 0.332 e. The molecule has 1 rings (SSSR count). The number of hydrogen-bond acceptors (Lipinski definition) is 2. The first-order chi connectivity index (χ1) is 6.23. The van der Waals surface area contributed by atoms with Crippen molar-refractivity contribution in [3.05, 3.63) is 0 Å². The Morgan fingerprint density at radius 1 is 1.43 bits per heavy atom. The molecule has 0 aliphatic carbocycles. The lowest BCUT2D eigenvalue weighted by Gasteiger charge is -2.37. The predicted octanol–water partition coefficient (Wildman–Crippen LogP) is 0.698. The Morgan fingerprint density at radius 2 is 1.93 bits per heavy atom. The molecular weight excluding hydrogens is 204 g/mol. The first-order valence-corrected chi connectivity index (χ1v) is 4.98. The Morgan fingerprint density at radius 3 is 2.21 bits per heavy atom. The summed E-state index contributed by atoms with van der Waals surface area (Å²) in [5.41, 5.74) is -1.48. The zero-order chi connectivity index (χ0) is 11.1. The Bertz CT molecular complexity index is 287. The van der Waals surface area contributed by atoms with Gasteiger partial charge in [-0.15, -0.1) is 11.6 Å². The van der Waals surface area contributed by atoms with Crippen molar-refractivity contribution >= 4 is 23.4 Å². The Balaban J connectivity index is 3.11. The minimum absolute atomic E-state index is 0.109. The van der Waals surface area contributed by atoms with Gasteiger partial charge in [-0.2, -0.15) is 0 Å². The lowest BCUT2D eigenvalue weighted by atomic mass is 10.0. The maximum atomic E-state index is 11.6. The van der Waals surface area contributed by atoms with Crippen LogP contribution in [0.25, 0.3) is 0 Å². The normalized spacial score (nSPS) is 23.5. The number of halogens is 1. The molecule has 0 saturated carbocycles. The quantitative estimate of drug-likeness (QED) is 0.659. The lowest BCUT2D eigenvalue weighted by molar-refractivity contribution is -0.140. The van der Waals surface area contributed by atoms with Gasteiger partial charge in [-0.1, -0.05) is 0 Å². The van der Waals surface area contributed by atoms with E-state index in [0.29, 0.717) is 0 Å². The molecule has 14 heavy (non-hydrogen) atoms. The van der Waals surface area contributed by atoms with Gasteiger partial charge < -0.3 is 10.2 Å². The van der Waals surface area contributed by atoms with Crippen LogP contribution in [0.3, 0.4) is 0 Å². The molecule has 1 heterocycles. The van der Waals surface area contributed by atoms with Crippen LogP contribution >= 0.6 is 11.6 Å². The van der Waals surface area contributed by atoms with Crippen LogP contribution in [-0.2, 0) is 9.59 Å². The molecule has 1 aliphatic rings. The molecule has 1 aliphatic heterocycles. The van der Waals surface area contributed by atoms with Crippen molar-refractivity contribution in [3.63, 3.8) is 0 Å². The minimum atomic E-state index is -0.824. The van der Waals surface area contributed by atoms with Crippen LogP contribution in [-0.4, -0.2) is 33.8 Å². The summed E-state index contributed by atoms with van der Waals surface area (Å²) >= 11 is 5.50. The fourth-order valence-corrected chi connectivity index (χ4v) is 2.09. The third-order valence-corrected chi connectivity index (χ3v) is 2.69. The lowest BCUT2D eigenvalue weighted by Crippen LogP contribution is -2.55. The van der Waals surface area contributed by atoms with Crippen molar-refractivity contribution in [2.45, 2.75) is 38.9 Å². The van der Waals surface area contributed by atoms with E-state index in [4.69, 9.17) is 11.6 Å². The van der Waals surface area contributed by atoms with Gasteiger partial charge in [0, 0.05) is 0 Å². The molecule has 0 radical (unpaired) electrons. The number of nitrogens with zero attached hydrogens (tertiary/aromatic N) is 1. The highest BCUT2D eigenvalue weighted by Crippen LogP contribution is 2.30. The molecule has 0 unspecified atom stereocenters. The summed E-state index contributed by atoms with van der Waals surface area (Å²) in [6, 6.07) is 0. The summed E-state index contributed by atoms with van der Waals surface area (Å²) in [5.74, 6) is -0.497. The minimum Gasteiger partial charge on any atom is -0.332 e. The average molecular weight is 219 g/mol. The zero-order valence-electron chi connectivity index (χ0n) is 8.85. The van der Waals surface area contributed by atoms with E-state index in [0.717, 1.165) is 0 Å². The van der Waals surface area contributed by atoms with Gasteiger partial charge >= 0.3 is 0 Å². The standard InChI is InChI=1S/C9H15ClN2O2/c1-8(2)7(14)11-9(3,4)12(8)6(13)5-10/h5H2,1-4H3,(H,11,14). The van der Waals surface area contributed by atoms with E-state index in [2.05, 4.69) is 5.32 Å². The summed E-state index contributed by atoms with van der Waals surface area (Å²) in [6.45, 7) is 6.98. The summed E-state index contributed by atoms with van der Waals surface area (Å²) in [5, 5.41) is 2.76. The first kappa shape index (κ1) is 11.3. The molecule has 0 aromatic carbocycles. The highest BCUT2D eigenvalue weighted by atomic mass is 35.5. The number of amides is 2. The van der Waals surface area contributed by atoms with Gasteiger partial charge in [0.05, 0.1) is 0 Å². The molecule has 0 spiro atoms. The summed E-state index contributed by atoms with van der Waals surface area (Å²) in [7, 11) is 0. The van der Waals surface area contributed by atoms with E-state index >= 15 is 0 Å². The van der Waals surface area contributed by atoms with Crippen LogP contribution in [0.2, 0.25) is 0 Å². The molecule has 1 saturated heterocycles. The fraction of sp³-hybridized carbons (Fsp3) is 0.778. The molecule has 5 heteroatoms. The van der Waals surface area contributed by atoms with Crippen molar-refractivity contribution in [3.8, 4) is 0 Å². The van der Waals surface area contributed by atoms with Crippen LogP contribution in [0, 0.1) is 0 Å². The third-order valence-electron chi connectivity index (χ3n) is 2.46. The van der Waals surface area contributed by atoms with Gasteiger partial charge in [0.1, 0.15) is 17.1 Å². The SMILES string of the molecule is CC1(C)NC(=O)C(C)(C)N1C(=O)CCl. The van der Waals surface area contributed by atoms with E-state index in [1.54, 1.807) is 27.7 Å². The van der Waals surface area contributed by atoms with Crippen molar-refractivity contribution in [1.29, 1.82) is 0 Å². The number of carbonyl (C=O) groups is 2. The number of alkyl halides is 1. The van der Waals surface area contributed by atoms with Crippen LogP contribution in [0.5, 0.6) is 0 Å². The van der Waals surface area contributed by atoms with Crippen molar-refractivity contribution in [2.24, 2.45) is 0 Å². The molecule has 0 bridgehead atoms. The van der Waals surface area contributed by atoms with E-state index < -0.39 is 11.2 Å². The molecule has 2 amide bonds. The highest BCUT2D eigenvalue weighted by molar-refractivity contribution is 6.27. The molecule has 1 N–H and O–H groups in total. The maximum Gasteiger partial charge on any atom is 0.247 e. The number of carbonyl (C=O) groups excluding carboxylic acids is 2. The molecule has 4 nitrogen and oxygen atoms in total. The maximum absolute atomic E-state index is 11.6. The molecule has 1 fully saturated rings. The van der Waals surface area contributed by atoms with Crippen molar-refractivity contribution in [2.75, 3.05) is 5.88 Å². The number of rotatable bonds is 1. The highest BCUT2D eigenvalue weighted by Gasteiger charge is 2.52. The zero-order valence-corrected chi connectivity index (χ0v) is 9.60. The molecular formula is C9H15ClN2O2. The third kappa shape index (κ3) is 1.47. The second kappa shape index (κ2) is 3.12. The van der Waals surface area contributed by atoms with Crippen LogP contribution in [0.1, 0.15) is 27.7 Å². The van der Waals surface area contributed by atoms with Crippen LogP contribution in [0.4, 0.5) is 0 Å².